The van der Waals surface area contributed by atoms with Gasteiger partial charge in [0.25, 0.3) is 5.91 Å². The Morgan fingerprint density at radius 1 is 1.59 bits per heavy atom. The lowest BCUT2D eigenvalue weighted by atomic mass is 10.1. The molecule has 1 fully saturated rings. The predicted molar refractivity (Wildman–Crippen MR) is 61.3 cm³/mol. The fraction of sp³-hybridized carbons (Fsp3) is 0.636. The first-order valence-electron chi connectivity index (χ1n) is 5.39. The standard InChI is InChI=1S/C11H18N2O4/c1-4-5-17-7-8(14)6-13-9(15)11(2,3)12-10(13)16/h4,8,14H,1,5-7H2,2-3H3,(H,12,16). The quantitative estimate of drug-likeness (QED) is 0.386. The lowest BCUT2D eigenvalue weighted by Gasteiger charge is -2.18. The van der Waals surface area contributed by atoms with Crippen LogP contribution in [0.2, 0.25) is 0 Å². The van der Waals surface area contributed by atoms with Crippen molar-refractivity contribution in [2.75, 3.05) is 19.8 Å². The number of β-amino-alcohol motifs (C(OH)–C–C–N with tert-alkyl or cyclic N) is 1. The Kier molecular flexibility index (Phi) is 4.25. The number of nitrogens with zero attached hydrogens (tertiary/aromatic N) is 1. The van der Waals surface area contributed by atoms with Crippen LogP contribution in [0, 0.1) is 0 Å². The lowest BCUT2D eigenvalue weighted by Crippen LogP contribution is -2.42. The molecule has 0 bridgehead atoms. The van der Waals surface area contributed by atoms with Gasteiger partial charge in [-0.2, -0.15) is 0 Å². The summed E-state index contributed by atoms with van der Waals surface area (Å²) in [5.41, 5.74) is -0.904. The number of rotatable bonds is 6. The van der Waals surface area contributed by atoms with Crippen LogP contribution in [0.3, 0.4) is 0 Å². The van der Waals surface area contributed by atoms with Gasteiger partial charge in [0, 0.05) is 0 Å². The fourth-order valence-electron chi connectivity index (χ4n) is 1.53. The minimum atomic E-state index is -0.904. The smallest absolute Gasteiger partial charge is 0.325 e. The van der Waals surface area contributed by atoms with Crippen molar-refractivity contribution in [2.45, 2.75) is 25.5 Å². The van der Waals surface area contributed by atoms with Crippen molar-refractivity contribution in [3.05, 3.63) is 12.7 Å². The minimum Gasteiger partial charge on any atom is -0.389 e. The van der Waals surface area contributed by atoms with Crippen molar-refractivity contribution in [3.8, 4) is 0 Å². The number of amides is 3. The highest BCUT2D eigenvalue weighted by Gasteiger charge is 2.44. The third-order valence-corrected chi connectivity index (χ3v) is 2.38. The van der Waals surface area contributed by atoms with E-state index >= 15 is 0 Å². The maximum absolute atomic E-state index is 11.8. The largest absolute Gasteiger partial charge is 0.389 e. The molecule has 17 heavy (non-hydrogen) atoms. The summed E-state index contributed by atoms with van der Waals surface area (Å²) in [5, 5.41) is 12.1. The number of imide groups is 1. The monoisotopic (exact) mass is 242 g/mol. The normalized spacial score (nSPS) is 20.3. The van der Waals surface area contributed by atoms with Gasteiger partial charge < -0.3 is 15.2 Å². The number of urea groups is 1. The zero-order chi connectivity index (χ0) is 13.1. The van der Waals surface area contributed by atoms with E-state index in [1.165, 1.54) is 0 Å². The topological polar surface area (TPSA) is 78.9 Å². The van der Waals surface area contributed by atoms with Gasteiger partial charge in [0.05, 0.1) is 25.9 Å². The second-order valence-electron chi connectivity index (χ2n) is 4.45. The molecular formula is C11H18N2O4. The van der Waals surface area contributed by atoms with Crippen LogP contribution in [0.15, 0.2) is 12.7 Å². The van der Waals surface area contributed by atoms with Crippen LogP contribution in [0.5, 0.6) is 0 Å². The molecule has 1 rings (SSSR count). The molecule has 0 aliphatic carbocycles. The number of carbonyl (C=O) groups excluding carboxylic acids is 2. The zero-order valence-corrected chi connectivity index (χ0v) is 10.1. The summed E-state index contributed by atoms with van der Waals surface area (Å²) in [7, 11) is 0. The van der Waals surface area contributed by atoms with E-state index < -0.39 is 17.7 Å². The van der Waals surface area contributed by atoms with E-state index in [9.17, 15) is 14.7 Å². The molecule has 1 atom stereocenters. The molecule has 0 aromatic heterocycles. The highest BCUT2D eigenvalue weighted by molar-refractivity contribution is 6.06. The van der Waals surface area contributed by atoms with Crippen molar-refractivity contribution in [3.63, 3.8) is 0 Å². The van der Waals surface area contributed by atoms with E-state index in [-0.39, 0.29) is 19.1 Å². The Labute approximate surface area is 100 Å². The Morgan fingerprint density at radius 2 is 2.24 bits per heavy atom. The van der Waals surface area contributed by atoms with Crippen molar-refractivity contribution in [1.82, 2.24) is 10.2 Å². The molecule has 1 unspecified atom stereocenters. The Balaban J connectivity index is 2.48. The summed E-state index contributed by atoms with van der Waals surface area (Å²) in [6.45, 7) is 7.02. The molecule has 6 nitrogen and oxygen atoms in total. The zero-order valence-electron chi connectivity index (χ0n) is 10.1. The van der Waals surface area contributed by atoms with Crippen LogP contribution >= 0.6 is 0 Å². The molecule has 0 saturated carbocycles. The minimum absolute atomic E-state index is 0.0590. The van der Waals surface area contributed by atoms with Crippen LogP contribution in [0.1, 0.15) is 13.8 Å². The number of hydrogen-bond acceptors (Lipinski definition) is 4. The lowest BCUT2D eigenvalue weighted by molar-refractivity contribution is -0.131. The van der Waals surface area contributed by atoms with Gasteiger partial charge in [-0.05, 0) is 13.8 Å². The summed E-state index contributed by atoms with van der Waals surface area (Å²) >= 11 is 0. The van der Waals surface area contributed by atoms with Gasteiger partial charge in [0.15, 0.2) is 0 Å². The van der Waals surface area contributed by atoms with Crippen LogP contribution in [-0.4, -0.2) is 53.3 Å². The van der Waals surface area contributed by atoms with Gasteiger partial charge >= 0.3 is 6.03 Å². The predicted octanol–water partition coefficient (Wildman–Crippen LogP) is -0.120. The summed E-state index contributed by atoms with van der Waals surface area (Å²) in [6.07, 6.45) is 0.669. The third kappa shape index (κ3) is 3.28. The Morgan fingerprint density at radius 3 is 2.71 bits per heavy atom. The molecule has 0 radical (unpaired) electrons. The summed E-state index contributed by atoms with van der Waals surface area (Å²) in [5.74, 6) is -0.342. The summed E-state index contributed by atoms with van der Waals surface area (Å²) in [4.78, 5) is 24.3. The highest BCUT2D eigenvalue weighted by atomic mass is 16.5. The molecule has 1 aliphatic rings. The number of aliphatic hydroxyl groups is 1. The van der Waals surface area contributed by atoms with Crippen molar-refractivity contribution >= 4 is 11.9 Å². The first kappa shape index (κ1) is 13.7. The van der Waals surface area contributed by atoms with Crippen LogP contribution in [0.25, 0.3) is 0 Å². The van der Waals surface area contributed by atoms with Gasteiger partial charge in [-0.1, -0.05) is 6.08 Å². The van der Waals surface area contributed by atoms with Crippen molar-refractivity contribution in [2.24, 2.45) is 0 Å². The van der Waals surface area contributed by atoms with Gasteiger partial charge in [-0.3, -0.25) is 9.69 Å². The van der Waals surface area contributed by atoms with Gasteiger partial charge in [0.1, 0.15) is 5.54 Å². The van der Waals surface area contributed by atoms with E-state index in [4.69, 9.17) is 4.74 Å². The van der Waals surface area contributed by atoms with Gasteiger partial charge in [-0.25, -0.2) is 4.79 Å². The summed E-state index contributed by atoms with van der Waals surface area (Å²) < 4.78 is 5.04. The highest BCUT2D eigenvalue weighted by Crippen LogP contribution is 2.16. The summed E-state index contributed by atoms with van der Waals surface area (Å²) in [6, 6.07) is -0.484. The second kappa shape index (κ2) is 5.29. The number of ether oxygens (including phenoxy) is 1. The van der Waals surface area contributed by atoms with Gasteiger partial charge in [-0.15, -0.1) is 6.58 Å². The maximum Gasteiger partial charge on any atom is 0.325 e. The average Bonchev–Trinajstić information content (AvgIpc) is 2.41. The molecule has 0 spiro atoms. The van der Waals surface area contributed by atoms with Crippen molar-refractivity contribution < 1.29 is 19.4 Å². The molecule has 6 heteroatoms. The van der Waals surface area contributed by atoms with E-state index in [2.05, 4.69) is 11.9 Å². The molecule has 2 N–H and O–H groups in total. The number of hydrogen-bond donors (Lipinski definition) is 2. The van der Waals surface area contributed by atoms with Gasteiger partial charge in [0.2, 0.25) is 0 Å². The van der Waals surface area contributed by atoms with Crippen molar-refractivity contribution in [1.29, 1.82) is 0 Å². The van der Waals surface area contributed by atoms with E-state index in [1.807, 2.05) is 0 Å². The van der Waals surface area contributed by atoms with E-state index in [0.717, 1.165) is 4.90 Å². The third-order valence-electron chi connectivity index (χ3n) is 2.38. The van der Waals surface area contributed by atoms with Crippen LogP contribution in [-0.2, 0) is 9.53 Å². The molecule has 0 aromatic carbocycles. The van der Waals surface area contributed by atoms with Crippen LogP contribution < -0.4 is 5.32 Å². The average molecular weight is 242 g/mol. The Bertz CT molecular complexity index is 327. The molecule has 3 amide bonds. The number of nitrogens with one attached hydrogen (secondary N) is 1. The first-order valence-corrected chi connectivity index (χ1v) is 5.39. The second-order valence-corrected chi connectivity index (χ2v) is 4.45. The van der Waals surface area contributed by atoms with E-state index in [0.29, 0.717) is 6.61 Å². The van der Waals surface area contributed by atoms with Crippen LogP contribution in [0.4, 0.5) is 4.79 Å². The molecule has 1 saturated heterocycles. The SMILES string of the molecule is C=CCOCC(O)CN1C(=O)NC(C)(C)C1=O. The molecular weight excluding hydrogens is 224 g/mol. The van der Waals surface area contributed by atoms with E-state index in [1.54, 1.807) is 19.9 Å². The first-order chi connectivity index (χ1) is 7.88. The maximum atomic E-state index is 11.8. The number of carbonyl (C=O) groups is 2. The molecule has 1 heterocycles. The molecule has 1 aliphatic heterocycles. The molecule has 0 aromatic rings. The fourth-order valence-corrected chi connectivity index (χ4v) is 1.53. The number of aliphatic hydroxyl groups excluding tert-OH is 1. The molecule has 96 valence electrons. The Hall–Kier alpha value is -1.40.